The minimum absolute atomic E-state index is 2.92. The maximum atomic E-state index is 12.2. The molecule has 0 saturated carbocycles. The Labute approximate surface area is 67.3 Å². The van der Waals surface area contributed by atoms with Crippen LogP contribution in [0.4, 0.5) is 30.7 Å². The number of rotatable bonds is 2. The Balaban J connectivity index is 4.95. The largest absolute Gasteiger partial charge is 0.432 e. The standard InChI is InChI=1S/C4H2ClF7/c5-3(8,9)2(7,1-6)4(10,11)12/h1H2. The van der Waals surface area contributed by atoms with E-state index >= 15 is 0 Å². The van der Waals surface area contributed by atoms with Gasteiger partial charge in [0.25, 0.3) is 0 Å². The van der Waals surface area contributed by atoms with Crippen molar-refractivity contribution in [1.29, 1.82) is 0 Å². The maximum Gasteiger partial charge on any atom is 0.432 e. The number of halogens is 8. The van der Waals surface area contributed by atoms with Crippen LogP contribution in [0.5, 0.6) is 0 Å². The van der Waals surface area contributed by atoms with Gasteiger partial charge in [-0.25, -0.2) is 8.78 Å². The third-order valence-corrected chi connectivity index (χ3v) is 1.38. The van der Waals surface area contributed by atoms with Crippen molar-refractivity contribution >= 4 is 11.6 Å². The van der Waals surface area contributed by atoms with Crippen molar-refractivity contribution in [3.63, 3.8) is 0 Å². The first-order valence-corrected chi connectivity index (χ1v) is 2.82. The normalized spacial score (nSPS) is 19.0. The van der Waals surface area contributed by atoms with Crippen molar-refractivity contribution in [2.24, 2.45) is 0 Å². The Bertz CT molecular complexity index is 142. The summed E-state index contributed by atoms with van der Waals surface area (Å²) in [5, 5.41) is -5.31. The van der Waals surface area contributed by atoms with Gasteiger partial charge in [0.1, 0.15) is 6.67 Å². The lowest BCUT2D eigenvalue weighted by Gasteiger charge is -2.28. The fourth-order valence-electron chi connectivity index (χ4n) is 0.312. The monoisotopic (exact) mass is 218 g/mol. The Morgan fingerprint density at radius 1 is 0.917 bits per heavy atom. The summed E-state index contributed by atoms with van der Waals surface area (Å²) in [7, 11) is 0. The minimum atomic E-state index is -6.03. The van der Waals surface area contributed by atoms with Gasteiger partial charge in [-0.15, -0.1) is 0 Å². The van der Waals surface area contributed by atoms with Crippen LogP contribution in [0.15, 0.2) is 0 Å². The predicted octanol–water partition coefficient (Wildman–Crippen LogP) is 3.06. The molecule has 0 amide bonds. The first-order chi connectivity index (χ1) is 5.06. The van der Waals surface area contributed by atoms with Gasteiger partial charge in [-0.3, -0.25) is 0 Å². The van der Waals surface area contributed by atoms with Crippen LogP contribution < -0.4 is 0 Å². The summed E-state index contributed by atoms with van der Waals surface area (Å²) in [6.07, 6.45) is -6.03. The molecule has 0 fully saturated rings. The highest BCUT2D eigenvalue weighted by atomic mass is 35.5. The fraction of sp³-hybridized carbons (Fsp3) is 1.00. The zero-order chi connectivity index (χ0) is 10.2. The molecule has 0 radical (unpaired) electrons. The zero-order valence-corrected chi connectivity index (χ0v) is 5.99. The minimum Gasteiger partial charge on any atom is -0.247 e. The SMILES string of the molecule is FCC(F)(C(F)(F)F)C(F)(F)Cl. The molecule has 0 N–H and O–H groups in total. The van der Waals surface area contributed by atoms with Crippen molar-refractivity contribution in [3.8, 4) is 0 Å². The van der Waals surface area contributed by atoms with E-state index in [1.165, 1.54) is 0 Å². The molecule has 0 heterocycles. The first kappa shape index (κ1) is 11.8. The van der Waals surface area contributed by atoms with Gasteiger partial charge in [-0.1, -0.05) is 0 Å². The Hall–Kier alpha value is -0.200. The van der Waals surface area contributed by atoms with Crippen molar-refractivity contribution in [2.75, 3.05) is 6.67 Å². The van der Waals surface area contributed by atoms with Crippen LogP contribution in [-0.2, 0) is 0 Å². The maximum absolute atomic E-state index is 12.2. The Morgan fingerprint density at radius 3 is 1.25 bits per heavy atom. The quantitative estimate of drug-likeness (QED) is 0.494. The van der Waals surface area contributed by atoms with Gasteiger partial charge in [0.15, 0.2) is 0 Å². The first-order valence-electron chi connectivity index (χ1n) is 2.44. The van der Waals surface area contributed by atoms with Gasteiger partial charge in [0, 0.05) is 0 Å². The molecule has 1 atom stereocenters. The van der Waals surface area contributed by atoms with E-state index in [2.05, 4.69) is 11.6 Å². The van der Waals surface area contributed by atoms with Crippen molar-refractivity contribution in [1.82, 2.24) is 0 Å². The lowest BCUT2D eigenvalue weighted by Crippen LogP contribution is -2.54. The van der Waals surface area contributed by atoms with Crippen LogP contribution in [0.25, 0.3) is 0 Å². The molecule has 0 aliphatic rings. The van der Waals surface area contributed by atoms with Crippen LogP contribution >= 0.6 is 11.6 Å². The zero-order valence-electron chi connectivity index (χ0n) is 5.23. The molecule has 0 aromatic heterocycles. The van der Waals surface area contributed by atoms with E-state index in [1.54, 1.807) is 0 Å². The van der Waals surface area contributed by atoms with Crippen molar-refractivity contribution in [2.45, 2.75) is 17.2 Å². The number of alkyl halides is 8. The van der Waals surface area contributed by atoms with E-state index in [1.807, 2.05) is 0 Å². The molecule has 0 nitrogen and oxygen atoms in total. The molecule has 0 aliphatic heterocycles. The van der Waals surface area contributed by atoms with Gasteiger partial charge in [0.05, 0.1) is 0 Å². The van der Waals surface area contributed by atoms with Gasteiger partial charge in [0.2, 0.25) is 0 Å². The molecule has 0 spiro atoms. The van der Waals surface area contributed by atoms with Gasteiger partial charge < -0.3 is 0 Å². The van der Waals surface area contributed by atoms with Gasteiger partial charge in [-0.2, -0.15) is 22.0 Å². The molecular formula is C4H2ClF7. The number of hydrogen-bond donors (Lipinski definition) is 0. The highest BCUT2D eigenvalue weighted by Gasteiger charge is 2.71. The second-order valence-electron chi connectivity index (χ2n) is 1.93. The smallest absolute Gasteiger partial charge is 0.247 e. The molecule has 1 unspecified atom stereocenters. The summed E-state index contributed by atoms with van der Waals surface area (Å²) in [4.78, 5) is 0. The highest BCUT2D eigenvalue weighted by Crippen LogP contribution is 2.47. The van der Waals surface area contributed by atoms with Crippen LogP contribution in [0.1, 0.15) is 0 Å². The van der Waals surface area contributed by atoms with Crippen LogP contribution in [0.3, 0.4) is 0 Å². The van der Waals surface area contributed by atoms with Gasteiger partial charge in [-0.05, 0) is 11.6 Å². The lowest BCUT2D eigenvalue weighted by molar-refractivity contribution is -0.283. The molecule has 0 aromatic rings. The summed E-state index contributed by atoms with van der Waals surface area (Å²) in [5.74, 6) is 0. The van der Waals surface area contributed by atoms with E-state index in [-0.39, 0.29) is 0 Å². The molecule has 8 heteroatoms. The van der Waals surface area contributed by atoms with E-state index in [0.29, 0.717) is 0 Å². The Kier molecular flexibility index (Phi) is 2.89. The average Bonchev–Trinajstić information content (AvgIpc) is 1.81. The molecule has 74 valence electrons. The summed E-state index contributed by atoms with van der Waals surface area (Å²) >= 11 is 3.76. The van der Waals surface area contributed by atoms with Crippen molar-refractivity contribution < 1.29 is 30.7 Å². The molecule has 12 heavy (non-hydrogen) atoms. The lowest BCUT2D eigenvalue weighted by atomic mass is 10.1. The summed E-state index contributed by atoms with van der Waals surface area (Å²) in [5.41, 5.74) is -5.32. The van der Waals surface area contributed by atoms with Crippen LogP contribution in [0.2, 0.25) is 0 Å². The second kappa shape index (κ2) is 2.93. The van der Waals surface area contributed by atoms with E-state index in [9.17, 15) is 30.7 Å². The molecular weight excluding hydrogens is 216 g/mol. The topological polar surface area (TPSA) is 0 Å². The van der Waals surface area contributed by atoms with Gasteiger partial charge >= 0.3 is 17.2 Å². The fourth-order valence-corrected chi connectivity index (χ4v) is 0.470. The summed E-state index contributed by atoms with van der Waals surface area (Å²) in [6, 6.07) is 0. The van der Waals surface area contributed by atoms with E-state index < -0.39 is 23.9 Å². The molecule has 0 saturated heterocycles. The highest BCUT2D eigenvalue weighted by molar-refractivity contribution is 6.22. The van der Waals surface area contributed by atoms with Crippen LogP contribution in [-0.4, -0.2) is 23.9 Å². The molecule has 0 aliphatic carbocycles. The van der Waals surface area contributed by atoms with Crippen molar-refractivity contribution in [3.05, 3.63) is 0 Å². The average molecular weight is 218 g/mol. The molecule has 0 aromatic carbocycles. The third kappa shape index (κ3) is 1.75. The predicted molar refractivity (Wildman–Crippen MR) is 26.7 cm³/mol. The third-order valence-electron chi connectivity index (χ3n) is 1.08. The summed E-state index contributed by atoms with van der Waals surface area (Å²) < 4.78 is 81.2. The van der Waals surface area contributed by atoms with Crippen LogP contribution in [0, 0.1) is 0 Å². The summed E-state index contributed by atoms with van der Waals surface area (Å²) in [6.45, 7) is -2.92. The molecule has 0 rings (SSSR count). The van der Waals surface area contributed by atoms with E-state index in [0.717, 1.165) is 0 Å². The number of hydrogen-bond acceptors (Lipinski definition) is 0. The van der Waals surface area contributed by atoms with E-state index in [4.69, 9.17) is 0 Å². The second-order valence-corrected chi connectivity index (χ2v) is 2.41. The Morgan fingerprint density at radius 2 is 1.25 bits per heavy atom. The molecule has 0 bridgehead atoms.